The molecule has 3 rings (SSSR count). The van der Waals surface area contributed by atoms with E-state index in [2.05, 4.69) is 20.6 Å². The Balaban J connectivity index is 1.63. The van der Waals surface area contributed by atoms with Gasteiger partial charge in [0.15, 0.2) is 5.82 Å². The first-order chi connectivity index (χ1) is 11.1. The average Bonchev–Trinajstić information content (AvgIpc) is 3.41. The number of aliphatic hydroxyl groups excluding tert-OH is 1. The molecule has 2 amide bonds. The van der Waals surface area contributed by atoms with Crippen LogP contribution < -0.4 is 10.6 Å². The fourth-order valence-corrected chi connectivity index (χ4v) is 2.54. The molecule has 0 spiro atoms. The van der Waals surface area contributed by atoms with Crippen LogP contribution >= 0.6 is 0 Å². The summed E-state index contributed by atoms with van der Waals surface area (Å²) in [6, 6.07) is 9.28. The van der Waals surface area contributed by atoms with Crippen molar-refractivity contribution < 1.29 is 9.90 Å². The van der Waals surface area contributed by atoms with Gasteiger partial charge in [0.05, 0.1) is 30.2 Å². The van der Waals surface area contributed by atoms with Gasteiger partial charge in [-0.25, -0.2) is 14.8 Å². The molecule has 0 aliphatic heterocycles. The molecule has 1 saturated carbocycles. The van der Waals surface area contributed by atoms with Crippen LogP contribution in [0.15, 0.2) is 42.7 Å². The van der Waals surface area contributed by atoms with Gasteiger partial charge in [0, 0.05) is 5.56 Å². The number of carbonyl (C=O) groups excluding carboxylic acids is 1. The van der Waals surface area contributed by atoms with Crippen molar-refractivity contribution in [2.75, 3.05) is 11.9 Å². The Kier molecular flexibility index (Phi) is 4.25. The van der Waals surface area contributed by atoms with Crippen LogP contribution in [0.5, 0.6) is 0 Å². The lowest BCUT2D eigenvalue weighted by atomic mass is 9.97. The molecular weight excluding hydrogens is 292 g/mol. The summed E-state index contributed by atoms with van der Waals surface area (Å²) in [5, 5.41) is 15.1. The highest BCUT2D eigenvalue weighted by Gasteiger charge is 2.42. The minimum absolute atomic E-state index is 0.0749. The number of rotatable bonds is 5. The lowest BCUT2D eigenvalue weighted by Crippen LogP contribution is -2.52. The number of amides is 2. The predicted molar refractivity (Wildman–Crippen MR) is 87.8 cm³/mol. The number of nitrogens with zero attached hydrogens (tertiary/aromatic N) is 2. The standard InChI is InChI=1S/C17H20N4O2/c1-17(11-22,13-7-8-13)21-16(23)20-14-9-18-15(19-10-14)12-5-3-2-4-6-12/h2-6,9-10,13,22H,7-8,11H2,1H3,(H2,20,21,23)/t17-/m0/s1. The fraction of sp³-hybridized carbons (Fsp3) is 0.353. The number of anilines is 1. The first-order valence-electron chi connectivity index (χ1n) is 7.68. The molecule has 0 radical (unpaired) electrons. The molecule has 6 nitrogen and oxygen atoms in total. The van der Waals surface area contributed by atoms with Gasteiger partial charge in [-0.1, -0.05) is 30.3 Å². The van der Waals surface area contributed by atoms with E-state index < -0.39 is 5.54 Å². The van der Waals surface area contributed by atoms with Crippen LogP contribution in [0.25, 0.3) is 11.4 Å². The minimum Gasteiger partial charge on any atom is -0.394 e. The number of nitrogens with one attached hydrogen (secondary N) is 2. The van der Waals surface area contributed by atoms with E-state index >= 15 is 0 Å². The molecule has 1 fully saturated rings. The van der Waals surface area contributed by atoms with E-state index in [1.165, 1.54) is 0 Å². The largest absolute Gasteiger partial charge is 0.394 e. The Bertz CT molecular complexity index is 671. The molecule has 1 heterocycles. The number of hydrogen-bond donors (Lipinski definition) is 3. The fourth-order valence-electron chi connectivity index (χ4n) is 2.54. The second kappa shape index (κ2) is 6.34. The van der Waals surface area contributed by atoms with E-state index in [1.807, 2.05) is 37.3 Å². The average molecular weight is 312 g/mol. The molecule has 23 heavy (non-hydrogen) atoms. The van der Waals surface area contributed by atoms with E-state index in [-0.39, 0.29) is 12.6 Å². The normalized spacial score (nSPS) is 16.4. The number of aliphatic hydroxyl groups is 1. The molecule has 1 aliphatic carbocycles. The Morgan fingerprint density at radius 2 is 1.91 bits per heavy atom. The van der Waals surface area contributed by atoms with Crippen molar-refractivity contribution in [1.29, 1.82) is 0 Å². The van der Waals surface area contributed by atoms with Crippen LogP contribution in [0, 0.1) is 5.92 Å². The highest BCUT2D eigenvalue weighted by Crippen LogP contribution is 2.39. The number of carbonyl (C=O) groups is 1. The van der Waals surface area contributed by atoms with Crippen LogP contribution in [0.4, 0.5) is 10.5 Å². The van der Waals surface area contributed by atoms with Crippen LogP contribution in [-0.2, 0) is 0 Å². The highest BCUT2D eigenvalue weighted by molar-refractivity contribution is 5.89. The van der Waals surface area contributed by atoms with Crippen molar-refractivity contribution in [3.8, 4) is 11.4 Å². The van der Waals surface area contributed by atoms with Gasteiger partial charge >= 0.3 is 6.03 Å². The summed E-state index contributed by atoms with van der Waals surface area (Å²) in [5.41, 5.74) is 0.859. The zero-order valence-electron chi connectivity index (χ0n) is 13.0. The van der Waals surface area contributed by atoms with Gasteiger partial charge in [0.1, 0.15) is 0 Å². The predicted octanol–water partition coefficient (Wildman–Crippen LogP) is 2.43. The molecule has 120 valence electrons. The SMILES string of the molecule is C[C@@](CO)(NC(=O)Nc1cnc(-c2ccccc2)nc1)C1CC1. The molecule has 3 N–H and O–H groups in total. The molecule has 1 aliphatic rings. The van der Waals surface area contributed by atoms with Gasteiger partial charge in [-0.3, -0.25) is 0 Å². The van der Waals surface area contributed by atoms with Crippen LogP contribution in [0.3, 0.4) is 0 Å². The summed E-state index contributed by atoms with van der Waals surface area (Å²) in [6.45, 7) is 1.79. The number of benzene rings is 1. The minimum atomic E-state index is -0.574. The number of hydrogen-bond acceptors (Lipinski definition) is 4. The molecule has 6 heteroatoms. The van der Waals surface area contributed by atoms with Crippen molar-refractivity contribution in [2.45, 2.75) is 25.3 Å². The monoisotopic (exact) mass is 312 g/mol. The van der Waals surface area contributed by atoms with Crippen LogP contribution in [0.1, 0.15) is 19.8 Å². The van der Waals surface area contributed by atoms with Gasteiger partial charge in [-0.15, -0.1) is 0 Å². The van der Waals surface area contributed by atoms with Gasteiger partial charge in [0.2, 0.25) is 0 Å². The Morgan fingerprint density at radius 1 is 1.26 bits per heavy atom. The van der Waals surface area contributed by atoms with E-state index in [1.54, 1.807) is 12.4 Å². The summed E-state index contributed by atoms with van der Waals surface area (Å²) < 4.78 is 0. The number of urea groups is 1. The topological polar surface area (TPSA) is 87.1 Å². The van der Waals surface area contributed by atoms with Gasteiger partial charge in [0.25, 0.3) is 0 Å². The third-order valence-corrected chi connectivity index (χ3v) is 4.15. The zero-order valence-corrected chi connectivity index (χ0v) is 13.0. The summed E-state index contributed by atoms with van der Waals surface area (Å²) in [6.07, 6.45) is 5.21. The third-order valence-electron chi connectivity index (χ3n) is 4.15. The van der Waals surface area contributed by atoms with Crippen molar-refractivity contribution in [2.24, 2.45) is 5.92 Å². The summed E-state index contributed by atoms with van der Waals surface area (Å²) in [4.78, 5) is 20.6. The Hall–Kier alpha value is -2.47. The maximum atomic E-state index is 12.1. The summed E-state index contributed by atoms with van der Waals surface area (Å²) in [7, 11) is 0. The smallest absolute Gasteiger partial charge is 0.319 e. The molecule has 1 aromatic carbocycles. The molecule has 0 bridgehead atoms. The van der Waals surface area contributed by atoms with Crippen LogP contribution in [0.2, 0.25) is 0 Å². The number of aromatic nitrogens is 2. The van der Waals surface area contributed by atoms with E-state index in [4.69, 9.17) is 0 Å². The highest BCUT2D eigenvalue weighted by atomic mass is 16.3. The van der Waals surface area contributed by atoms with Crippen molar-refractivity contribution in [3.05, 3.63) is 42.7 Å². The summed E-state index contributed by atoms with van der Waals surface area (Å²) >= 11 is 0. The lowest BCUT2D eigenvalue weighted by molar-refractivity contribution is 0.159. The van der Waals surface area contributed by atoms with Crippen molar-refractivity contribution >= 4 is 11.7 Å². The van der Waals surface area contributed by atoms with E-state index in [9.17, 15) is 9.90 Å². The maximum absolute atomic E-state index is 12.1. The third kappa shape index (κ3) is 3.65. The van der Waals surface area contributed by atoms with Gasteiger partial charge in [-0.05, 0) is 25.7 Å². The molecule has 2 aromatic rings. The quantitative estimate of drug-likeness (QED) is 0.791. The second-order valence-corrected chi connectivity index (χ2v) is 6.09. The van der Waals surface area contributed by atoms with E-state index in [0.717, 1.165) is 18.4 Å². The maximum Gasteiger partial charge on any atom is 0.319 e. The molecule has 1 atom stereocenters. The van der Waals surface area contributed by atoms with Gasteiger partial charge in [-0.2, -0.15) is 0 Å². The Labute approximate surface area is 135 Å². The first-order valence-corrected chi connectivity index (χ1v) is 7.68. The molecule has 1 aromatic heterocycles. The lowest BCUT2D eigenvalue weighted by Gasteiger charge is -2.28. The van der Waals surface area contributed by atoms with Crippen LogP contribution in [-0.4, -0.2) is 33.3 Å². The Morgan fingerprint density at radius 3 is 2.48 bits per heavy atom. The zero-order chi connectivity index (χ0) is 16.3. The summed E-state index contributed by atoms with van der Waals surface area (Å²) in [5.74, 6) is 0.949. The van der Waals surface area contributed by atoms with E-state index in [0.29, 0.717) is 17.4 Å². The molecule has 0 unspecified atom stereocenters. The molecular formula is C17H20N4O2. The van der Waals surface area contributed by atoms with Gasteiger partial charge < -0.3 is 15.7 Å². The second-order valence-electron chi connectivity index (χ2n) is 6.09. The molecule has 0 saturated heterocycles. The first kappa shape index (κ1) is 15.4. The van der Waals surface area contributed by atoms with Crippen molar-refractivity contribution in [3.63, 3.8) is 0 Å². The van der Waals surface area contributed by atoms with Crippen molar-refractivity contribution in [1.82, 2.24) is 15.3 Å².